The van der Waals surface area contributed by atoms with Crippen molar-refractivity contribution < 1.29 is 27.9 Å². The first kappa shape index (κ1) is 19.3. The summed E-state index contributed by atoms with van der Waals surface area (Å²) < 4.78 is 38.6. The minimum Gasteiger partial charge on any atom is -0.506 e. The third kappa shape index (κ3) is 3.95. The molecule has 2 aromatic rings. The molecule has 0 aliphatic heterocycles. The number of nitrogens with one attached hydrogen (secondary N) is 2. The average molecular weight is 392 g/mol. The van der Waals surface area contributed by atoms with E-state index in [1.54, 1.807) is 0 Å². The number of benzene rings is 1. The van der Waals surface area contributed by atoms with Crippen molar-refractivity contribution >= 4 is 17.5 Å². The maximum Gasteiger partial charge on any atom is 0.433 e. The standard InChI is InChI=1S/C18H15F3N4O3/c1-2-14(27)23-11-9-10(3-4-12(11)26)15(28)25-17(6-7-17)16-22-8-5-13(24-16)18(19,20)21/h2-5,8-9,26H,1,6-7H2,(H,23,27)(H,25,28). The van der Waals surface area contributed by atoms with Crippen molar-refractivity contribution in [3.05, 3.63) is 60.2 Å². The summed E-state index contributed by atoms with van der Waals surface area (Å²) in [5, 5.41) is 14.8. The van der Waals surface area contributed by atoms with Gasteiger partial charge in [-0.25, -0.2) is 9.97 Å². The Morgan fingerprint density at radius 3 is 2.57 bits per heavy atom. The molecule has 1 heterocycles. The van der Waals surface area contributed by atoms with Gasteiger partial charge in [-0.2, -0.15) is 13.2 Å². The van der Waals surface area contributed by atoms with Gasteiger partial charge in [0.1, 0.15) is 17.0 Å². The van der Waals surface area contributed by atoms with Gasteiger partial charge in [-0.3, -0.25) is 9.59 Å². The highest BCUT2D eigenvalue weighted by Gasteiger charge is 2.49. The van der Waals surface area contributed by atoms with Crippen LogP contribution in [0.15, 0.2) is 43.1 Å². The van der Waals surface area contributed by atoms with Gasteiger partial charge in [-0.05, 0) is 43.2 Å². The van der Waals surface area contributed by atoms with Crippen LogP contribution in [0.5, 0.6) is 5.75 Å². The molecular weight excluding hydrogens is 377 g/mol. The Morgan fingerprint density at radius 1 is 1.25 bits per heavy atom. The fourth-order valence-corrected chi connectivity index (χ4v) is 2.53. The maximum atomic E-state index is 12.9. The Balaban J connectivity index is 1.82. The number of alkyl halides is 3. The number of halogens is 3. The van der Waals surface area contributed by atoms with Gasteiger partial charge in [0.25, 0.3) is 5.91 Å². The smallest absolute Gasteiger partial charge is 0.433 e. The van der Waals surface area contributed by atoms with Crippen molar-refractivity contribution in [2.24, 2.45) is 0 Å². The van der Waals surface area contributed by atoms with Crippen LogP contribution < -0.4 is 10.6 Å². The van der Waals surface area contributed by atoms with Gasteiger partial charge < -0.3 is 15.7 Å². The van der Waals surface area contributed by atoms with Gasteiger partial charge in [-0.1, -0.05) is 6.58 Å². The lowest BCUT2D eigenvalue weighted by atomic mass is 10.1. The lowest BCUT2D eigenvalue weighted by Gasteiger charge is -2.17. The second-order valence-corrected chi connectivity index (χ2v) is 6.22. The molecule has 28 heavy (non-hydrogen) atoms. The van der Waals surface area contributed by atoms with Crippen LogP contribution in [0, 0.1) is 0 Å². The molecule has 0 bridgehead atoms. The molecule has 7 nitrogen and oxygen atoms in total. The maximum absolute atomic E-state index is 12.9. The van der Waals surface area contributed by atoms with Gasteiger partial charge in [0.2, 0.25) is 5.91 Å². The number of hydrogen-bond donors (Lipinski definition) is 3. The fraction of sp³-hybridized carbons (Fsp3) is 0.222. The highest BCUT2D eigenvalue weighted by atomic mass is 19.4. The van der Waals surface area contributed by atoms with E-state index in [-0.39, 0.29) is 22.8 Å². The van der Waals surface area contributed by atoms with E-state index in [9.17, 15) is 27.9 Å². The Kier molecular flexibility index (Phi) is 4.80. The summed E-state index contributed by atoms with van der Waals surface area (Å²) in [6, 6.07) is 4.54. The first-order valence-corrected chi connectivity index (χ1v) is 8.14. The van der Waals surface area contributed by atoms with Crippen molar-refractivity contribution in [2.75, 3.05) is 5.32 Å². The lowest BCUT2D eigenvalue weighted by molar-refractivity contribution is -0.141. The van der Waals surface area contributed by atoms with Crippen LogP contribution in [0.2, 0.25) is 0 Å². The predicted molar refractivity (Wildman–Crippen MR) is 92.3 cm³/mol. The zero-order valence-corrected chi connectivity index (χ0v) is 14.4. The van der Waals surface area contributed by atoms with Crippen LogP contribution >= 0.6 is 0 Å². The summed E-state index contributed by atoms with van der Waals surface area (Å²) in [5.41, 5.74) is -2.08. The summed E-state index contributed by atoms with van der Waals surface area (Å²) in [7, 11) is 0. The van der Waals surface area contributed by atoms with Crippen LogP contribution in [0.3, 0.4) is 0 Å². The number of aromatic nitrogens is 2. The summed E-state index contributed by atoms with van der Waals surface area (Å²) in [6.45, 7) is 3.29. The van der Waals surface area contributed by atoms with Gasteiger partial charge in [0.15, 0.2) is 5.82 Å². The third-order valence-corrected chi connectivity index (χ3v) is 4.18. The van der Waals surface area contributed by atoms with E-state index in [0.29, 0.717) is 12.8 Å². The summed E-state index contributed by atoms with van der Waals surface area (Å²) >= 11 is 0. The SMILES string of the molecule is C=CC(=O)Nc1cc(C(=O)NC2(c3nccc(C(F)(F)F)n3)CC2)ccc1O. The molecule has 0 atom stereocenters. The van der Waals surface area contributed by atoms with Crippen molar-refractivity contribution in [3.63, 3.8) is 0 Å². The van der Waals surface area contributed by atoms with E-state index in [4.69, 9.17) is 0 Å². The first-order valence-electron chi connectivity index (χ1n) is 8.14. The third-order valence-electron chi connectivity index (χ3n) is 4.18. The number of carbonyl (C=O) groups excluding carboxylic acids is 2. The number of rotatable bonds is 5. The van der Waals surface area contributed by atoms with E-state index < -0.39 is 29.2 Å². The molecular formula is C18H15F3N4O3. The zero-order valence-electron chi connectivity index (χ0n) is 14.4. The molecule has 1 aliphatic carbocycles. The van der Waals surface area contributed by atoms with Crippen LogP contribution in [-0.4, -0.2) is 26.9 Å². The first-order chi connectivity index (χ1) is 13.1. The summed E-state index contributed by atoms with van der Waals surface area (Å²) in [5.74, 6) is -1.56. The van der Waals surface area contributed by atoms with E-state index >= 15 is 0 Å². The van der Waals surface area contributed by atoms with Crippen molar-refractivity contribution in [3.8, 4) is 5.75 Å². The van der Waals surface area contributed by atoms with E-state index in [0.717, 1.165) is 18.3 Å². The fourth-order valence-electron chi connectivity index (χ4n) is 2.53. The van der Waals surface area contributed by atoms with E-state index in [1.165, 1.54) is 18.2 Å². The number of carbonyl (C=O) groups is 2. The molecule has 1 aliphatic rings. The van der Waals surface area contributed by atoms with Gasteiger partial charge in [0, 0.05) is 11.8 Å². The summed E-state index contributed by atoms with van der Waals surface area (Å²) in [4.78, 5) is 31.4. The number of amides is 2. The summed E-state index contributed by atoms with van der Waals surface area (Å²) in [6.07, 6.45) is -1.85. The van der Waals surface area contributed by atoms with Crippen LogP contribution in [0.25, 0.3) is 0 Å². The number of phenolic OH excluding ortho intramolecular Hbond substituents is 1. The van der Waals surface area contributed by atoms with E-state index in [2.05, 4.69) is 27.2 Å². The molecule has 1 aromatic carbocycles. The minimum atomic E-state index is -4.62. The number of anilines is 1. The second kappa shape index (κ2) is 6.95. The largest absolute Gasteiger partial charge is 0.506 e. The highest BCUT2D eigenvalue weighted by molar-refractivity contribution is 6.02. The molecule has 3 N–H and O–H groups in total. The number of hydrogen-bond acceptors (Lipinski definition) is 5. The van der Waals surface area contributed by atoms with E-state index in [1.807, 2.05) is 0 Å². The molecule has 0 spiro atoms. The Morgan fingerprint density at radius 2 is 1.96 bits per heavy atom. The molecule has 2 amide bonds. The Bertz CT molecular complexity index is 955. The van der Waals surface area contributed by atoms with Crippen LogP contribution in [0.1, 0.15) is 34.7 Å². The Hall–Kier alpha value is -3.43. The van der Waals surface area contributed by atoms with Crippen molar-refractivity contribution in [1.29, 1.82) is 0 Å². The predicted octanol–water partition coefficient (Wildman–Crippen LogP) is 2.74. The monoisotopic (exact) mass is 392 g/mol. The number of nitrogens with zero attached hydrogens (tertiary/aromatic N) is 2. The normalized spacial score (nSPS) is 14.8. The molecule has 3 rings (SSSR count). The zero-order chi connectivity index (χ0) is 20.5. The lowest BCUT2D eigenvalue weighted by Crippen LogP contribution is -2.36. The molecule has 146 valence electrons. The quantitative estimate of drug-likeness (QED) is 0.536. The van der Waals surface area contributed by atoms with Gasteiger partial charge >= 0.3 is 6.18 Å². The molecule has 0 saturated heterocycles. The topological polar surface area (TPSA) is 104 Å². The van der Waals surface area contributed by atoms with Crippen LogP contribution in [0.4, 0.5) is 18.9 Å². The molecule has 10 heteroatoms. The average Bonchev–Trinajstić information content (AvgIpc) is 3.43. The molecule has 1 fully saturated rings. The number of phenols is 1. The van der Waals surface area contributed by atoms with Crippen molar-refractivity contribution in [2.45, 2.75) is 24.6 Å². The minimum absolute atomic E-state index is 0.00212. The van der Waals surface area contributed by atoms with Crippen molar-refractivity contribution in [1.82, 2.24) is 15.3 Å². The molecule has 0 radical (unpaired) electrons. The molecule has 1 aromatic heterocycles. The highest BCUT2D eigenvalue weighted by Crippen LogP contribution is 2.44. The second-order valence-electron chi connectivity index (χ2n) is 6.22. The molecule has 0 unspecified atom stereocenters. The van der Waals surface area contributed by atoms with Gasteiger partial charge in [-0.15, -0.1) is 0 Å². The van der Waals surface area contributed by atoms with Gasteiger partial charge in [0.05, 0.1) is 5.69 Å². The Labute approximate surface area is 157 Å². The van der Waals surface area contributed by atoms with Crippen LogP contribution in [-0.2, 0) is 16.5 Å². The number of aromatic hydroxyl groups is 1. The molecule has 1 saturated carbocycles.